The highest BCUT2D eigenvalue weighted by Crippen LogP contribution is 1.71. The second-order valence-corrected chi connectivity index (χ2v) is 1.02. The molecule has 0 atom stereocenters. The first-order valence-electron chi connectivity index (χ1n) is 10.2. The van der Waals surface area contributed by atoms with Gasteiger partial charge in [0.2, 0.25) is 0 Å². The lowest BCUT2D eigenvalue weighted by Crippen LogP contribution is -2.15. The van der Waals surface area contributed by atoms with Crippen molar-refractivity contribution in [3.63, 3.8) is 0 Å². The Bertz CT molecular complexity index is 63.2. The zero-order valence-electron chi connectivity index (χ0n) is 30.8. The summed E-state index contributed by atoms with van der Waals surface area (Å²) in [5.41, 5.74) is 0. The summed E-state index contributed by atoms with van der Waals surface area (Å²) in [4.78, 5) is 0. The predicted octanol–water partition coefficient (Wildman–Crippen LogP) is -9.11. The van der Waals surface area contributed by atoms with Crippen LogP contribution < -0.4 is 0 Å². The van der Waals surface area contributed by atoms with E-state index >= 15 is 0 Å². The van der Waals surface area contributed by atoms with Crippen LogP contribution in [0.3, 0.4) is 0 Å². The van der Waals surface area contributed by atoms with Crippen LogP contribution >= 0.6 is 0 Å². The van der Waals surface area contributed by atoms with Gasteiger partial charge in [0.05, 0.1) is 13.2 Å². The van der Waals surface area contributed by atoms with E-state index in [2.05, 4.69) is 0 Å². The van der Waals surface area contributed by atoms with Crippen LogP contribution in [0.2, 0.25) is 0 Å². The van der Waals surface area contributed by atoms with Crippen LogP contribution in [0.15, 0.2) is 0 Å². The molecule has 0 rings (SSSR count). The summed E-state index contributed by atoms with van der Waals surface area (Å²) in [5, 5.41) is 157. The Morgan fingerprint density at radius 3 is 0.250 bits per heavy atom. The van der Waals surface area contributed by atoms with Crippen molar-refractivity contribution in [2.75, 3.05) is 148 Å². The summed E-state index contributed by atoms with van der Waals surface area (Å²) in [6, 6.07) is 0. The first-order chi connectivity index (χ1) is 21.8. The van der Waals surface area contributed by atoms with E-state index in [1.54, 1.807) is 0 Å². The number of aliphatic hydroxyl groups excluding tert-OH is 22. The maximum absolute atomic E-state index is 8.17. The molecule has 0 aromatic carbocycles. The van der Waals surface area contributed by atoms with E-state index < -0.39 is 6.10 Å². The third-order valence-corrected chi connectivity index (χ3v) is 0.421. The van der Waals surface area contributed by atoms with Crippen LogP contribution in [0, 0.1) is 0 Å². The average molecular weight is 701 g/mol. The second kappa shape index (κ2) is 4200. The van der Waals surface area contributed by atoms with E-state index in [1.165, 1.54) is 0 Å². The monoisotopic (exact) mass is 701 g/mol. The molecule has 22 nitrogen and oxygen atoms in total. The Balaban J connectivity index is -0.00000000779. The normalized spacial score (nSPS) is 3.95. The lowest BCUT2D eigenvalue weighted by Gasteiger charge is -1.96. The molecule has 0 aromatic rings. The summed E-state index contributed by atoms with van der Waals surface area (Å²) >= 11 is 0. The van der Waals surface area contributed by atoms with Crippen LogP contribution in [0.4, 0.5) is 0 Å². The lowest BCUT2D eigenvalue weighted by atomic mass is 10.4. The minimum absolute atomic E-state index is 0.365. The molecular formula is C22H84O22. The van der Waals surface area contributed by atoms with Gasteiger partial charge in [-0.15, -0.1) is 0 Å². The molecule has 0 aliphatic rings. The highest BCUT2D eigenvalue weighted by Gasteiger charge is 1.93. The molecule has 304 valence electrons. The van der Waals surface area contributed by atoms with Gasteiger partial charge in [0.15, 0.2) is 0 Å². The van der Waals surface area contributed by atoms with Gasteiger partial charge in [0.1, 0.15) is 6.10 Å². The first-order valence-corrected chi connectivity index (χ1v) is 10.2. The molecule has 0 saturated heterocycles. The molecule has 0 bridgehead atoms. The summed E-state index contributed by atoms with van der Waals surface area (Å²) in [7, 11) is 19.0. The lowest BCUT2D eigenvalue weighted by molar-refractivity contribution is 0.0450. The maximum Gasteiger partial charge on any atom is 0.100 e. The van der Waals surface area contributed by atoms with Gasteiger partial charge < -0.3 is 112 Å². The van der Waals surface area contributed by atoms with Gasteiger partial charge in [0.25, 0.3) is 0 Å². The van der Waals surface area contributed by atoms with Crippen molar-refractivity contribution < 1.29 is 112 Å². The molecular weight excluding hydrogens is 616 g/mol. The number of rotatable bonds is 2. The topological polar surface area (TPSA) is 445 Å². The Kier molecular flexibility index (Phi) is 13600. The molecule has 0 heterocycles. The average Bonchev–Trinajstić information content (AvgIpc) is 3.25. The third kappa shape index (κ3) is 6800. The number of hydrogen-bond donors (Lipinski definition) is 22. The molecule has 0 aromatic heterocycles. The second-order valence-electron chi connectivity index (χ2n) is 1.02. The van der Waals surface area contributed by atoms with Crippen molar-refractivity contribution in [3.8, 4) is 0 Å². The van der Waals surface area contributed by atoms with E-state index in [-0.39, 0.29) is 13.2 Å². The molecule has 0 amide bonds. The van der Waals surface area contributed by atoms with E-state index in [9.17, 15) is 0 Å². The predicted molar refractivity (Wildman–Crippen MR) is 175 cm³/mol. The molecule has 0 spiro atoms. The molecule has 0 aliphatic heterocycles. The number of hydrogen-bond acceptors (Lipinski definition) is 22. The molecule has 0 radical (unpaired) electrons. The van der Waals surface area contributed by atoms with E-state index in [1.807, 2.05) is 0 Å². The van der Waals surface area contributed by atoms with Crippen LogP contribution in [-0.4, -0.2) is 267 Å². The Morgan fingerprint density at radius 1 is 0.205 bits per heavy atom. The van der Waals surface area contributed by atoms with Crippen molar-refractivity contribution >= 4 is 0 Å². The first kappa shape index (κ1) is 143. The quantitative estimate of drug-likeness (QED) is 0.127. The van der Waals surface area contributed by atoms with Crippen molar-refractivity contribution in [1.82, 2.24) is 0 Å². The van der Waals surface area contributed by atoms with Crippen LogP contribution in [0.1, 0.15) is 0 Å². The maximum atomic E-state index is 8.17. The van der Waals surface area contributed by atoms with Crippen molar-refractivity contribution in [2.24, 2.45) is 0 Å². The van der Waals surface area contributed by atoms with Gasteiger partial charge >= 0.3 is 0 Å². The van der Waals surface area contributed by atoms with Gasteiger partial charge in [-0.1, -0.05) is 0 Å². The largest absolute Gasteiger partial charge is 0.400 e. The zero-order chi connectivity index (χ0) is 43.0. The zero-order valence-corrected chi connectivity index (χ0v) is 30.8. The van der Waals surface area contributed by atoms with Gasteiger partial charge in [0, 0.05) is 135 Å². The van der Waals surface area contributed by atoms with Crippen molar-refractivity contribution in [2.45, 2.75) is 6.10 Å². The van der Waals surface area contributed by atoms with Crippen LogP contribution in [0.5, 0.6) is 0 Å². The van der Waals surface area contributed by atoms with E-state index in [4.69, 9.17) is 112 Å². The summed E-state index contributed by atoms with van der Waals surface area (Å²) in [5.74, 6) is 0. The highest BCUT2D eigenvalue weighted by atomic mass is 16.3. The van der Waals surface area contributed by atoms with Crippen LogP contribution in [0.25, 0.3) is 0 Å². The van der Waals surface area contributed by atoms with Gasteiger partial charge in [-0.3, -0.25) is 0 Å². The Morgan fingerprint density at radius 2 is 0.250 bits per heavy atom. The summed E-state index contributed by atoms with van der Waals surface area (Å²) < 4.78 is 0. The summed E-state index contributed by atoms with van der Waals surface area (Å²) in [6.45, 7) is -0.729. The van der Waals surface area contributed by atoms with Gasteiger partial charge in [-0.05, 0) is 0 Å². The molecule has 22 N–H and O–H groups in total. The molecule has 44 heavy (non-hydrogen) atoms. The standard InChI is InChI=1S/C3H8O3.19CH4O/c4-1-3(6)2-5;19*1-2/h3-6H,1-2H2;19*2H,1H3. The van der Waals surface area contributed by atoms with Crippen molar-refractivity contribution in [3.05, 3.63) is 0 Å². The minimum Gasteiger partial charge on any atom is -0.400 e. The third-order valence-electron chi connectivity index (χ3n) is 0.421. The molecule has 0 saturated carbocycles. The fourth-order valence-corrected chi connectivity index (χ4v) is 0.0577. The Hall–Kier alpha value is -0.880. The van der Waals surface area contributed by atoms with Crippen LogP contribution in [-0.2, 0) is 0 Å². The van der Waals surface area contributed by atoms with Gasteiger partial charge in [-0.2, -0.15) is 0 Å². The van der Waals surface area contributed by atoms with E-state index in [0.717, 1.165) is 135 Å². The molecule has 0 aliphatic carbocycles. The fraction of sp³-hybridized carbons (Fsp3) is 1.00. The summed E-state index contributed by atoms with van der Waals surface area (Å²) in [6.07, 6.45) is -0.954. The fourth-order valence-electron chi connectivity index (χ4n) is 0.0577. The van der Waals surface area contributed by atoms with E-state index in [0.29, 0.717) is 0 Å². The highest BCUT2D eigenvalue weighted by molar-refractivity contribution is 4.44. The SMILES string of the molecule is CO.CO.CO.CO.CO.CO.CO.CO.CO.CO.CO.CO.CO.CO.CO.CO.CO.CO.CO.OCC(O)CO. The van der Waals surface area contributed by atoms with Crippen molar-refractivity contribution in [1.29, 1.82) is 0 Å². The molecule has 0 unspecified atom stereocenters. The van der Waals surface area contributed by atoms with Gasteiger partial charge in [-0.25, -0.2) is 0 Å². The molecule has 0 fully saturated rings. The minimum atomic E-state index is -0.954. The Labute approximate surface area is 267 Å². The smallest absolute Gasteiger partial charge is 0.100 e. The molecule has 22 heteroatoms. The number of aliphatic hydroxyl groups is 22.